The standard InChI is InChI=1S/C24H30F2N6O3S/c1-2-7-36-24-28-22(27-18-10-14(18)8-13-3-4-16(25)17(26)9-13)21-23(29-24)32(31-30-21)19-11-15(12-20(19)34)35-6-5-33/h3-4,9,14-15,18-20,33-34H,2,5-8,10-12H2,1H3,(H,27,28,29)/t14?,15-,18?,19+,20+/m0/s1. The first-order valence-electron chi connectivity index (χ1n) is 12.3. The number of halogens is 2. The Labute approximate surface area is 211 Å². The fourth-order valence-corrected chi connectivity index (χ4v) is 5.45. The third kappa shape index (κ3) is 5.46. The maximum atomic E-state index is 13.6. The zero-order valence-electron chi connectivity index (χ0n) is 20.0. The van der Waals surface area contributed by atoms with Crippen LogP contribution in [0.3, 0.4) is 0 Å². The van der Waals surface area contributed by atoms with Crippen LogP contribution in [-0.2, 0) is 11.2 Å². The molecule has 0 spiro atoms. The molecule has 1 aromatic carbocycles. The van der Waals surface area contributed by atoms with Crippen LogP contribution >= 0.6 is 11.8 Å². The number of thioether (sulfide) groups is 1. The SMILES string of the molecule is CCCSc1nc(NC2CC2Cc2ccc(F)c(F)c2)c2nnn([C@@H]3C[C@H](OCCO)C[C@H]3O)c2n1. The molecule has 3 aromatic rings. The average molecular weight is 521 g/mol. The van der Waals surface area contributed by atoms with E-state index < -0.39 is 17.7 Å². The van der Waals surface area contributed by atoms with Gasteiger partial charge in [-0.3, -0.25) is 0 Å². The highest BCUT2D eigenvalue weighted by Crippen LogP contribution is 2.39. The van der Waals surface area contributed by atoms with Crippen molar-refractivity contribution < 1.29 is 23.7 Å². The maximum absolute atomic E-state index is 13.6. The minimum Gasteiger partial charge on any atom is -0.394 e. The van der Waals surface area contributed by atoms with Gasteiger partial charge in [-0.2, -0.15) is 0 Å². The molecule has 36 heavy (non-hydrogen) atoms. The van der Waals surface area contributed by atoms with E-state index in [1.165, 1.54) is 6.07 Å². The van der Waals surface area contributed by atoms with Crippen molar-refractivity contribution in [3.63, 3.8) is 0 Å². The molecule has 0 aliphatic heterocycles. The summed E-state index contributed by atoms with van der Waals surface area (Å²) in [6.45, 7) is 2.25. The lowest BCUT2D eigenvalue weighted by Crippen LogP contribution is -2.20. The Bertz CT molecular complexity index is 1210. The average Bonchev–Trinajstić information content (AvgIpc) is 3.26. The van der Waals surface area contributed by atoms with Gasteiger partial charge in [0, 0.05) is 18.2 Å². The molecule has 2 saturated carbocycles. The molecule has 9 nitrogen and oxygen atoms in total. The van der Waals surface area contributed by atoms with Crippen LogP contribution in [0.25, 0.3) is 11.2 Å². The van der Waals surface area contributed by atoms with E-state index >= 15 is 0 Å². The first-order chi connectivity index (χ1) is 17.5. The van der Waals surface area contributed by atoms with E-state index in [2.05, 4.69) is 22.6 Å². The topological polar surface area (TPSA) is 118 Å². The second-order valence-electron chi connectivity index (χ2n) is 9.43. The fourth-order valence-electron chi connectivity index (χ4n) is 4.75. The fraction of sp³-hybridized carbons (Fsp3) is 0.583. The molecule has 12 heteroatoms. The lowest BCUT2D eigenvalue weighted by molar-refractivity contribution is 0.0252. The first-order valence-corrected chi connectivity index (χ1v) is 13.3. The van der Waals surface area contributed by atoms with Gasteiger partial charge in [0.25, 0.3) is 0 Å². The maximum Gasteiger partial charge on any atom is 0.191 e. The number of anilines is 1. The molecule has 2 fully saturated rings. The molecule has 3 N–H and O–H groups in total. The van der Waals surface area contributed by atoms with Gasteiger partial charge in [0.1, 0.15) is 0 Å². The number of rotatable bonds is 11. The van der Waals surface area contributed by atoms with Crippen molar-refractivity contribution in [1.29, 1.82) is 0 Å². The Morgan fingerprint density at radius 1 is 1.19 bits per heavy atom. The summed E-state index contributed by atoms with van der Waals surface area (Å²) in [5.74, 6) is 0.0394. The summed E-state index contributed by atoms with van der Waals surface area (Å²) >= 11 is 1.55. The van der Waals surface area contributed by atoms with Gasteiger partial charge in [-0.15, -0.1) is 5.10 Å². The van der Waals surface area contributed by atoms with Gasteiger partial charge in [-0.1, -0.05) is 30.0 Å². The smallest absolute Gasteiger partial charge is 0.191 e. The third-order valence-corrected chi connectivity index (χ3v) is 7.73. The molecule has 2 heterocycles. The minimum absolute atomic E-state index is 0.0674. The summed E-state index contributed by atoms with van der Waals surface area (Å²) in [6, 6.07) is 3.82. The zero-order valence-corrected chi connectivity index (χ0v) is 20.8. The molecule has 2 aliphatic carbocycles. The monoisotopic (exact) mass is 520 g/mol. The van der Waals surface area contributed by atoms with Crippen LogP contribution in [0, 0.1) is 17.6 Å². The van der Waals surface area contributed by atoms with Crippen molar-refractivity contribution in [3.8, 4) is 0 Å². The molecule has 2 aliphatic rings. The van der Waals surface area contributed by atoms with Gasteiger partial charge < -0.3 is 20.3 Å². The van der Waals surface area contributed by atoms with Gasteiger partial charge in [0.15, 0.2) is 33.8 Å². The van der Waals surface area contributed by atoms with Gasteiger partial charge in [0.2, 0.25) is 0 Å². The van der Waals surface area contributed by atoms with Crippen LogP contribution in [0.1, 0.15) is 44.2 Å². The summed E-state index contributed by atoms with van der Waals surface area (Å²) in [4.78, 5) is 9.41. The van der Waals surface area contributed by atoms with Crippen LogP contribution in [0.5, 0.6) is 0 Å². The highest BCUT2D eigenvalue weighted by atomic mass is 32.2. The van der Waals surface area contributed by atoms with Crippen molar-refractivity contribution in [2.24, 2.45) is 5.92 Å². The number of aliphatic hydroxyl groups excluding tert-OH is 2. The highest BCUT2D eigenvalue weighted by Gasteiger charge is 2.39. The molecule has 0 amide bonds. The number of benzene rings is 1. The second kappa shape index (κ2) is 10.9. The Morgan fingerprint density at radius 2 is 2.06 bits per heavy atom. The molecular weight excluding hydrogens is 490 g/mol. The molecule has 5 atom stereocenters. The second-order valence-corrected chi connectivity index (χ2v) is 10.5. The summed E-state index contributed by atoms with van der Waals surface area (Å²) in [5.41, 5.74) is 1.84. The van der Waals surface area contributed by atoms with Crippen LogP contribution < -0.4 is 5.32 Å². The molecule has 2 unspecified atom stereocenters. The lowest BCUT2D eigenvalue weighted by Gasteiger charge is -2.15. The van der Waals surface area contributed by atoms with Gasteiger partial charge in [-0.25, -0.2) is 23.4 Å². The van der Waals surface area contributed by atoms with E-state index in [4.69, 9.17) is 19.8 Å². The van der Waals surface area contributed by atoms with E-state index in [1.54, 1.807) is 22.5 Å². The van der Waals surface area contributed by atoms with Crippen molar-refractivity contribution in [2.75, 3.05) is 24.3 Å². The van der Waals surface area contributed by atoms with E-state index in [-0.39, 0.29) is 37.3 Å². The number of hydrogen-bond acceptors (Lipinski definition) is 9. The predicted octanol–water partition coefficient (Wildman–Crippen LogP) is 3.12. The van der Waals surface area contributed by atoms with Crippen molar-refractivity contribution in [3.05, 3.63) is 35.4 Å². The van der Waals surface area contributed by atoms with Gasteiger partial charge >= 0.3 is 0 Å². The zero-order chi connectivity index (χ0) is 25.2. The van der Waals surface area contributed by atoms with Crippen molar-refractivity contribution >= 4 is 28.7 Å². The number of aromatic nitrogens is 5. The van der Waals surface area contributed by atoms with Gasteiger partial charge in [-0.05, 0) is 49.3 Å². The first kappa shape index (κ1) is 25.2. The van der Waals surface area contributed by atoms with Crippen LogP contribution in [-0.4, -0.2) is 72.4 Å². The number of aliphatic hydroxyl groups is 2. The number of hydrogen-bond donors (Lipinski definition) is 3. The van der Waals surface area contributed by atoms with E-state index in [1.807, 2.05) is 0 Å². The summed E-state index contributed by atoms with van der Waals surface area (Å²) in [5, 5.41) is 32.5. The Morgan fingerprint density at radius 3 is 2.83 bits per heavy atom. The molecule has 5 rings (SSSR count). The Hall–Kier alpha value is -2.41. The quantitative estimate of drug-likeness (QED) is 0.259. The van der Waals surface area contributed by atoms with Crippen molar-refractivity contribution in [2.45, 2.75) is 68.5 Å². The summed E-state index contributed by atoms with van der Waals surface area (Å²) in [7, 11) is 0. The van der Waals surface area contributed by atoms with E-state index in [9.17, 15) is 13.9 Å². The number of ether oxygens (including phenoxy) is 1. The van der Waals surface area contributed by atoms with Crippen LogP contribution in [0.4, 0.5) is 14.6 Å². The summed E-state index contributed by atoms with van der Waals surface area (Å²) < 4.78 is 34.1. The van der Waals surface area contributed by atoms with E-state index in [0.717, 1.165) is 30.2 Å². The van der Waals surface area contributed by atoms with Crippen LogP contribution in [0.15, 0.2) is 23.4 Å². The molecular formula is C24H30F2N6O3S. The molecule has 0 radical (unpaired) electrons. The molecule has 194 valence electrons. The minimum atomic E-state index is -0.841. The van der Waals surface area contributed by atoms with Crippen molar-refractivity contribution in [1.82, 2.24) is 25.0 Å². The number of nitrogens with zero attached hydrogens (tertiary/aromatic N) is 5. The largest absolute Gasteiger partial charge is 0.394 e. The predicted molar refractivity (Wildman–Crippen MR) is 131 cm³/mol. The lowest BCUT2D eigenvalue weighted by atomic mass is 10.1. The normalized spacial score (nSPS) is 25.5. The number of fused-ring (bicyclic) bond motifs is 1. The third-order valence-electron chi connectivity index (χ3n) is 6.68. The number of nitrogens with one attached hydrogen (secondary N) is 1. The van der Waals surface area contributed by atoms with Crippen LogP contribution in [0.2, 0.25) is 0 Å². The molecule has 0 saturated heterocycles. The van der Waals surface area contributed by atoms with E-state index in [0.29, 0.717) is 41.4 Å². The molecule has 2 aromatic heterocycles. The highest BCUT2D eigenvalue weighted by molar-refractivity contribution is 7.99. The molecule has 0 bridgehead atoms. The Balaban J connectivity index is 1.36. The summed E-state index contributed by atoms with van der Waals surface area (Å²) in [6.07, 6.45) is 2.64. The van der Waals surface area contributed by atoms with Gasteiger partial charge in [0.05, 0.1) is 31.5 Å². The Kier molecular flexibility index (Phi) is 7.65.